The predicted molar refractivity (Wildman–Crippen MR) is 61.3 cm³/mol. The molecule has 0 bridgehead atoms. The Bertz CT molecular complexity index is 495. The second-order valence-corrected chi connectivity index (χ2v) is 3.38. The molecular weight excluding hydrogens is 220 g/mol. The quantitative estimate of drug-likeness (QED) is 0.749. The van der Waals surface area contributed by atoms with Crippen LogP contribution in [0.1, 0.15) is 10.5 Å². The molecule has 88 valence electrons. The second-order valence-electron chi connectivity index (χ2n) is 3.38. The number of aromatic nitrogens is 4. The van der Waals surface area contributed by atoms with Gasteiger partial charge in [-0.1, -0.05) is 0 Å². The first-order valence-corrected chi connectivity index (χ1v) is 5.07. The molecule has 2 heterocycles. The Morgan fingerprint density at radius 2 is 2.29 bits per heavy atom. The summed E-state index contributed by atoms with van der Waals surface area (Å²) in [6, 6.07) is 0. The van der Waals surface area contributed by atoms with Gasteiger partial charge in [-0.3, -0.25) is 9.78 Å². The van der Waals surface area contributed by atoms with Crippen LogP contribution in [-0.4, -0.2) is 32.0 Å². The standard InChI is InChI=1S/C10H12N6O/c11-10(17)8-5-13-6-9(15-8)14-2-4-16-3-1-12-7-16/h1,3,5-7H,2,4H2,(H2,11,17)(H,14,15). The van der Waals surface area contributed by atoms with Crippen LogP contribution >= 0.6 is 0 Å². The minimum Gasteiger partial charge on any atom is -0.367 e. The molecular formula is C10H12N6O. The molecule has 0 saturated carbocycles. The van der Waals surface area contributed by atoms with Crippen LogP contribution in [0.5, 0.6) is 0 Å². The minimum absolute atomic E-state index is 0.151. The van der Waals surface area contributed by atoms with Gasteiger partial charge in [-0.15, -0.1) is 0 Å². The lowest BCUT2D eigenvalue weighted by Gasteiger charge is -2.06. The Hall–Kier alpha value is -2.44. The molecule has 7 nitrogen and oxygen atoms in total. The minimum atomic E-state index is -0.587. The Labute approximate surface area is 97.7 Å². The molecule has 0 aliphatic rings. The average Bonchev–Trinajstić information content (AvgIpc) is 2.82. The molecule has 2 aromatic heterocycles. The normalized spacial score (nSPS) is 10.1. The average molecular weight is 232 g/mol. The summed E-state index contributed by atoms with van der Waals surface area (Å²) in [5, 5.41) is 3.05. The summed E-state index contributed by atoms with van der Waals surface area (Å²) < 4.78 is 1.93. The van der Waals surface area contributed by atoms with E-state index in [0.29, 0.717) is 12.4 Å². The van der Waals surface area contributed by atoms with Crippen LogP contribution in [0.25, 0.3) is 0 Å². The lowest BCUT2D eigenvalue weighted by atomic mass is 10.4. The Kier molecular flexibility index (Phi) is 3.29. The van der Waals surface area contributed by atoms with E-state index in [0.717, 1.165) is 6.54 Å². The summed E-state index contributed by atoms with van der Waals surface area (Å²) in [4.78, 5) is 22.7. The number of anilines is 1. The van der Waals surface area contributed by atoms with Crippen LogP contribution < -0.4 is 11.1 Å². The van der Waals surface area contributed by atoms with E-state index in [9.17, 15) is 4.79 Å². The highest BCUT2D eigenvalue weighted by Crippen LogP contribution is 2.01. The highest BCUT2D eigenvalue weighted by molar-refractivity contribution is 5.90. The van der Waals surface area contributed by atoms with Gasteiger partial charge < -0.3 is 15.6 Å². The van der Waals surface area contributed by atoms with Crippen molar-refractivity contribution in [2.45, 2.75) is 6.54 Å². The van der Waals surface area contributed by atoms with Gasteiger partial charge in [-0.05, 0) is 0 Å². The number of hydrogen-bond donors (Lipinski definition) is 2. The van der Waals surface area contributed by atoms with Gasteiger partial charge in [-0.25, -0.2) is 9.97 Å². The summed E-state index contributed by atoms with van der Waals surface area (Å²) in [5.74, 6) is -0.0582. The van der Waals surface area contributed by atoms with Crippen molar-refractivity contribution in [1.82, 2.24) is 19.5 Å². The Morgan fingerprint density at radius 3 is 3.00 bits per heavy atom. The third-order valence-corrected chi connectivity index (χ3v) is 2.12. The third-order valence-electron chi connectivity index (χ3n) is 2.12. The van der Waals surface area contributed by atoms with Crippen molar-refractivity contribution in [3.63, 3.8) is 0 Å². The first kappa shape index (κ1) is 11.1. The van der Waals surface area contributed by atoms with Gasteiger partial charge in [0.1, 0.15) is 11.5 Å². The van der Waals surface area contributed by atoms with Crippen LogP contribution in [0, 0.1) is 0 Å². The molecule has 17 heavy (non-hydrogen) atoms. The van der Waals surface area contributed by atoms with Crippen molar-refractivity contribution >= 4 is 11.7 Å². The largest absolute Gasteiger partial charge is 0.367 e. The molecule has 0 aliphatic heterocycles. The number of imidazole rings is 1. The number of amides is 1. The van der Waals surface area contributed by atoms with Crippen molar-refractivity contribution in [1.29, 1.82) is 0 Å². The number of carbonyl (C=O) groups is 1. The van der Waals surface area contributed by atoms with Crippen LogP contribution in [0.2, 0.25) is 0 Å². The third kappa shape index (κ3) is 3.00. The summed E-state index contributed by atoms with van der Waals surface area (Å²) in [5.41, 5.74) is 5.26. The molecule has 0 saturated heterocycles. The van der Waals surface area contributed by atoms with Gasteiger partial charge >= 0.3 is 0 Å². The van der Waals surface area contributed by atoms with Gasteiger partial charge in [0.05, 0.1) is 18.7 Å². The Balaban J connectivity index is 1.90. The second kappa shape index (κ2) is 5.06. The number of nitrogens with two attached hydrogens (primary N) is 1. The first-order chi connectivity index (χ1) is 8.25. The van der Waals surface area contributed by atoms with Gasteiger partial charge in [0.15, 0.2) is 0 Å². The fraction of sp³-hybridized carbons (Fsp3) is 0.200. The maximum Gasteiger partial charge on any atom is 0.268 e. The lowest BCUT2D eigenvalue weighted by molar-refractivity contribution is 0.0995. The molecule has 3 N–H and O–H groups in total. The molecule has 0 spiro atoms. The van der Waals surface area contributed by atoms with E-state index in [1.54, 1.807) is 18.7 Å². The van der Waals surface area contributed by atoms with Crippen LogP contribution in [0.15, 0.2) is 31.1 Å². The highest BCUT2D eigenvalue weighted by atomic mass is 16.1. The van der Waals surface area contributed by atoms with E-state index in [1.807, 2.05) is 10.8 Å². The maximum absolute atomic E-state index is 10.9. The van der Waals surface area contributed by atoms with Crippen molar-refractivity contribution in [2.75, 3.05) is 11.9 Å². The van der Waals surface area contributed by atoms with E-state index >= 15 is 0 Å². The van der Waals surface area contributed by atoms with E-state index in [4.69, 9.17) is 5.73 Å². The molecule has 0 radical (unpaired) electrons. The van der Waals surface area contributed by atoms with E-state index < -0.39 is 5.91 Å². The van der Waals surface area contributed by atoms with Gasteiger partial charge in [0.25, 0.3) is 5.91 Å². The fourth-order valence-corrected chi connectivity index (χ4v) is 1.30. The summed E-state index contributed by atoms with van der Waals surface area (Å²) in [7, 11) is 0. The maximum atomic E-state index is 10.9. The smallest absolute Gasteiger partial charge is 0.268 e. The van der Waals surface area contributed by atoms with Gasteiger partial charge in [-0.2, -0.15) is 0 Å². The number of hydrogen-bond acceptors (Lipinski definition) is 5. The van der Waals surface area contributed by atoms with Crippen LogP contribution in [0.4, 0.5) is 5.82 Å². The lowest BCUT2D eigenvalue weighted by Crippen LogP contribution is -2.16. The number of nitrogens with zero attached hydrogens (tertiary/aromatic N) is 4. The van der Waals surface area contributed by atoms with Crippen molar-refractivity contribution in [3.8, 4) is 0 Å². The van der Waals surface area contributed by atoms with Crippen LogP contribution in [-0.2, 0) is 6.54 Å². The zero-order valence-corrected chi connectivity index (χ0v) is 9.08. The zero-order chi connectivity index (χ0) is 12.1. The first-order valence-electron chi connectivity index (χ1n) is 5.07. The van der Waals surface area contributed by atoms with Crippen molar-refractivity contribution < 1.29 is 4.79 Å². The van der Waals surface area contributed by atoms with Gasteiger partial charge in [0.2, 0.25) is 0 Å². The van der Waals surface area contributed by atoms with E-state index in [2.05, 4.69) is 20.3 Å². The molecule has 0 atom stereocenters. The molecule has 0 fully saturated rings. The number of carbonyl (C=O) groups excluding carboxylic acids is 1. The summed E-state index contributed by atoms with van der Waals surface area (Å²) in [6.07, 6.45) is 8.19. The van der Waals surface area contributed by atoms with Crippen LogP contribution in [0.3, 0.4) is 0 Å². The Morgan fingerprint density at radius 1 is 1.41 bits per heavy atom. The molecule has 7 heteroatoms. The van der Waals surface area contributed by atoms with E-state index in [-0.39, 0.29) is 5.69 Å². The molecule has 0 unspecified atom stereocenters. The number of primary amides is 1. The molecule has 2 rings (SSSR count). The number of rotatable bonds is 5. The zero-order valence-electron chi connectivity index (χ0n) is 9.08. The fourth-order valence-electron chi connectivity index (χ4n) is 1.30. The SMILES string of the molecule is NC(=O)c1cncc(NCCn2ccnc2)n1. The number of nitrogens with one attached hydrogen (secondary N) is 1. The molecule has 0 aromatic carbocycles. The predicted octanol–water partition coefficient (Wildman–Crippen LogP) is -0.116. The molecule has 0 aliphatic carbocycles. The molecule has 1 amide bonds. The molecule has 2 aromatic rings. The van der Waals surface area contributed by atoms with Crippen molar-refractivity contribution in [2.24, 2.45) is 5.73 Å². The summed E-state index contributed by atoms with van der Waals surface area (Å²) >= 11 is 0. The van der Waals surface area contributed by atoms with Gasteiger partial charge in [0, 0.05) is 25.5 Å². The monoisotopic (exact) mass is 232 g/mol. The van der Waals surface area contributed by atoms with E-state index in [1.165, 1.54) is 6.20 Å². The van der Waals surface area contributed by atoms with Crippen molar-refractivity contribution in [3.05, 3.63) is 36.8 Å². The summed E-state index contributed by atoms with van der Waals surface area (Å²) in [6.45, 7) is 1.41. The highest BCUT2D eigenvalue weighted by Gasteiger charge is 2.03. The topological polar surface area (TPSA) is 98.7 Å².